The molecule has 0 radical (unpaired) electrons. The molecule has 122 valence electrons. The Morgan fingerprint density at radius 2 is 2.18 bits per heavy atom. The van der Waals surface area contributed by atoms with Gasteiger partial charge in [0.2, 0.25) is 0 Å². The molecule has 1 aromatic rings. The summed E-state index contributed by atoms with van der Waals surface area (Å²) >= 11 is 0. The fourth-order valence-electron chi connectivity index (χ4n) is 2.38. The maximum Gasteiger partial charge on any atom is 0.363 e. The van der Waals surface area contributed by atoms with Gasteiger partial charge in [-0.25, -0.2) is 0 Å². The highest BCUT2D eigenvalue weighted by Gasteiger charge is 2.11. The first-order chi connectivity index (χ1) is 10.6. The Hall–Kier alpha value is -1.75. The molecule has 0 bridgehead atoms. The van der Waals surface area contributed by atoms with Crippen LogP contribution in [0.25, 0.3) is 0 Å². The van der Waals surface area contributed by atoms with E-state index < -0.39 is 4.92 Å². The van der Waals surface area contributed by atoms with Crippen molar-refractivity contribution in [1.82, 2.24) is 4.98 Å². The van der Waals surface area contributed by atoms with Crippen molar-refractivity contribution in [2.75, 3.05) is 13.7 Å². The molecular weight excluding hydrogens is 280 g/mol. The number of nitrogens with zero attached hydrogens (tertiary/aromatic N) is 2. The van der Waals surface area contributed by atoms with E-state index in [4.69, 9.17) is 4.74 Å². The largest absolute Gasteiger partial charge is 0.385 e. The van der Waals surface area contributed by atoms with E-state index in [0.29, 0.717) is 5.69 Å². The van der Waals surface area contributed by atoms with Crippen LogP contribution in [0.3, 0.4) is 0 Å². The zero-order valence-electron chi connectivity index (χ0n) is 13.8. The van der Waals surface area contributed by atoms with E-state index in [-0.39, 0.29) is 5.82 Å². The number of rotatable bonds is 10. The lowest BCUT2D eigenvalue weighted by Gasteiger charge is -2.08. The number of aromatic nitrogens is 1. The maximum absolute atomic E-state index is 10.9. The molecule has 0 unspecified atom stereocenters. The fourth-order valence-corrected chi connectivity index (χ4v) is 2.38. The molecule has 0 saturated carbocycles. The van der Waals surface area contributed by atoms with Gasteiger partial charge in [0.1, 0.15) is 5.69 Å². The van der Waals surface area contributed by atoms with Gasteiger partial charge in [-0.2, -0.15) is 0 Å². The summed E-state index contributed by atoms with van der Waals surface area (Å²) in [4.78, 5) is 14.4. The van der Waals surface area contributed by atoms with E-state index >= 15 is 0 Å². The van der Waals surface area contributed by atoms with Crippen molar-refractivity contribution in [2.45, 2.75) is 52.4 Å². The molecule has 0 aromatic carbocycles. The van der Waals surface area contributed by atoms with Crippen molar-refractivity contribution in [2.24, 2.45) is 0 Å². The molecule has 1 rings (SSSR count). The normalized spacial score (nSPS) is 11.7. The molecule has 5 heteroatoms. The van der Waals surface area contributed by atoms with Gasteiger partial charge in [-0.05, 0) is 53.6 Å². The molecule has 0 N–H and O–H groups in total. The standard InChI is InChI=1S/C17H26N2O3/c1-4-5-7-15(8-6-11-22-3)9-10-16-12-14(2)18-17(13-16)19(20)21/h7,12-13H,4-6,8-11H2,1-3H3/b15-7+. The van der Waals surface area contributed by atoms with E-state index in [1.165, 1.54) is 5.57 Å². The van der Waals surface area contributed by atoms with Crippen molar-refractivity contribution >= 4 is 5.82 Å². The third-order valence-electron chi connectivity index (χ3n) is 3.49. The quantitative estimate of drug-likeness (QED) is 0.278. The van der Waals surface area contributed by atoms with Gasteiger partial charge in [0, 0.05) is 26.7 Å². The molecule has 0 aliphatic heterocycles. The average Bonchev–Trinajstić information content (AvgIpc) is 2.49. The Bertz CT molecular complexity index is 513. The summed E-state index contributed by atoms with van der Waals surface area (Å²) in [6.07, 6.45) is 8.31. The van der Waals surface area contributed by atoms with Crippen LogP contribution in [0.15, 0.2) is 23.8 Å². The predicted octanol–water partition coefficient (Wildman–Crippen LogP) is 4.38. The zero-order valence-corrected chi connectivity index (χ0v) is 13.8. The summed E-state index contributed by atoms with van der Waals surface area (Å²) in [5.74, 6) is -0.0616. The molecule has 0 amide bonds. The van der Waals surface area contributed by atoms with Gasteiger partial charge in [-0.15, -0.1) is 0 Å². The van der Waals surface area contributed by atoms with E-state index in [1.807, 2.05) is 6.07 Å². The Morgan fingerprint density at radius 1 is 1.41 bits per heavy atom. The van der Waals surface area contributed by atoms with Gasteiger partial charge in [0.05, 0.1) is 0 Å². The number of hydrogen-bond donors (Lipinski definition) is 0. The van der Waals surface area contributed by atoms with E-state index in [2.05, 4.69) is 18.0 Å². The lowest BCUT2D eigenvalue weighted by Crippen LogP contribution is -1.98. The third kappa shape index (κ3) is 6.80. The number of ether oxygens (including phenoxy) is 1. The molecule has 1 aromatic heterocycles. The SMILES string of the molecule is CCC/C=C(\CCCOC)CCc1cc(C)nc([N+](=O)[O-])c1. The summed E-state index contributed by atoms with van der Waals surface area (Å²) in [5, 5.41) is 10.9. The minimum atomic E-state index is -0.428. The highest BCUT2D eigenvalue weighted by atomic mass is 16.6. The number of allylic oxidation sites excluding steroid dienone is 2. The van der Waals surface area contributed by atoms with Crippen LogP contribution >= 0.6 is 0 Å². The predicted molar refractivity (Wildman–Crippen MR) is 88.1 cm³/mol. The number of unbranched alkanes of at least 4 members (excludes halogenated alkanes) is 1. The Balaban J connectivity index is 2.69. The first-order valence-corrected chi connectivity index (χ1v) is 7.85. The summed E-state index contributed by atoms with van der Waals surface area (Å²) in [7, 11) is 1.72. The van der Waals surface area contributed by atoms with Crippen LogP contribution in [0.5, 0.6) is 0 Å². The van der Waals surface area contributed by atoms with Gasteiger partial charge in [-0.3, -0.25) is 0 Å². The minimum absolute atomic E-state index is 0.0616. The Morgan fingerprint density at radius 3 is 2.82 bits per heavy atom. The third-order valence-corrected chi connectivity index (χ3v) is 3.49. The van der Waals surface area contributed by atoms with E-state index in [1.54, 1.807) is 20.1 Å². The van der Waals surface area contributed by atoms with Gasteiger partial charge < -0.3 is 14.9 Å². The van der Waals surface area contributed by atoms with Crippen molar-refractivity contribution < 1.29 is 9.66 Å². The molecular formula is C17H26N2O3. The second-order valence-electron chi connectivity index (χ2n) is 5.48. The number of pyridine rings is 1. The van der Waals surface area contributed by atoms with Gasteiger partial charge in [-0.1, -0.05) is 25.0 Å². The van der Waals surface area contributed by atoms with Crippen LogP contribution in [-0.4, -0.2) is 23.6 Å². The molecule has 5 nitrogen and oxygen atoms in total. The highest BCUT2D eigenvalue weighted by Crippen LogP contribution is 2.19. The second kappa shape index (κ2) is 10.1. The van der Waals surface area contributed by atoms with Crippen LogP contribution in [0.2, 0.25) is 0 Å². The van der Waals surface area contributed by atoms with Gasteiger partial charge in [0.25, 0.3) is 0 Å². The molecule has 0 atom stereocenters. The maximum atomic E-state index is 10.9. The van der Waals surface area contributed by atoms with E-state index in [9.17, 15) is 10.1 Å². The summed E-state index contributed by atoms with van der Waals surface area (Å²) in [6, 6.07) is 3.51. The van der Waals surface area contributed by atoms with Gasteiger partial charge in [0.15, 0.2) is 0 Å². The smallest absolute Gasteiger partial charge is 0.363 e. The van der Waals surface area contributed by atoms with Crippen molar-refractivity contribution in [3.05, 3.63) is 45.2 Å². The summed E-state index contributed by atoms with van der Waals surface area (Å²) < 4.78 is 5.11. The molecule has 0 aliphatic rings. The lowest BCUT2D eigenvalue weighted by molar-refractivity contribution is -0.389. The first-order valence-electron chi connectivity index (χ1n) is 7.85. The van der Waals surface area contributed by atoms with Gasteiger partial charge >= 0.3 is 5.82 Å². The van der Waals surface area contributed by atoms with Crippen LogP contribution in [0.1, 0.15) is 50.3 Å². The van der Waals surface area contributed by atoms with Crippen molar-refractivity contribution in [1.29, 1.82) is 0 Å². The van der Waals surface area contributed by atoms with Crippen LogP contribution < -0.4 is 0 Å². The topological polar surface area (TPSA) is 65.3 Å². The Labute approximate surface area is 132 Å². The monoisotopic (exact) mass is 306 g/mol. The molecule has 0 spiro atoms. The summed E-state index contributed by atoms with van der Waals surface area (Å²) in [6.45, 7) is 4.73. The van der Waals surface area contributed by atoms with Crippen LogP contribution in [0, 0.1) is 17.0 Å². The summed E-state index contributed by atoms with van der Waals surface area (Å²) in [5.41, 5.74) is 3.09. The van der Waals surface area contributed by atoms with Crippen LogP contribution in [0.4, 0.5) is 5.82 Å². The zero-order chi connectivity index (χ0) is 16.4. The number of hydrogen-bond acceptors (Lipinski definition) is 4. The second-order valence-corrected chi connectivity index (χ2v) is 5.48. The molecule has 22 heavy (non-hydrogen) atoms. The lowest BCUT2D eigenvalue weighted by atomic mass is 9.99. The van der Waals surface area contributed by atoms with Crippen molar-refractivity contribution in [3.8, 4) is 0 Å². The number of methoxy groups -OCH3 is 1. The van der Waals surface area contributed by atoms with Crippen LogP contribution in [-0.2, 0) is 11.2 Å². The average molecular weight is 306 g/mol. The molecule has 1 heterocycles. The first kappa shape index (κ1) is 18.3. The van der Waals surface area contributed by atoms with Crippen molar-refractivity contribution in [3.63, 3.8) is 0 Å². The molecule has 0 fully saturated rings. The molecule has 0 aliphatic carbocycles. The fraction of sp³-hybridized carbons (Fsp3) is 0.588. The highest BCUT2D eigenvalue weighted by molar-refractivity contribution is 5.29. The number of nitro groups is 1. The molecule has 0 saturated heterocycles. The van der Waals surface area contributed by atoms with E-state index in [0.717, 1.165) is 50.7 Å². The Kier molecular flexibility index (Phi) is 8.36. The number of aryl methyl sites for hydroxylation is 2. The minimum Gasteiger partial charge on any atom is -0.385 e.